The summed E-state index contributed by atoms with van der Waals surface area (Å²) in [4.78, 5) is 11.5. The molecule has 0 saturated heterocycles. The lowest BCUT2D eigenvalue weighted by Crippen LogP contribution is -2.44. The number of rotatable bonds is 5. The minimum Gasteiger partial charge on any atom is -0.356 e. The van der Waals surface area contributed by atoms with Crippen LogP contribution in [0.3, 0.4) is 0 Å². The second kappa shape index (κ2) is 8.99. The monoisotopic (exact) mass is 368 g/mol. The van der Waals surface area contributed by atoms with Gasteiger partial charge in [-0.15, -0.1) is 11.3 Å². The predicted octanol–water partition coefficient (Wildman–Crippen LogP) is 4.17. The number of nitrogens with zero attached hydrogens (tertiary/aromatic N) is 3. The molecule has 0 spiro atoms. The van der Waals surface area contributed by atoms with Crippen molar-refractivity contribution < 1.29 is 0 Å². The maximum Gasteiger partial charge on any atom is 0.193 e. The van der Waals surface area contributed by atoms with Crippen LogP contribution in [0.5, 0.6) is 0 Å². The minimum atomic E-state index is 0.508. The van der Waals surface area contributed by atoms with Gasteiger partial charge < -0.3 is 10.2 Å². The molecule has 0 atom stereocenters. The number of hydrogen-bond acceptors (Lipinski definition) is 3. The molecule has 0 fully saturated rings. The first-order valence-electron chi connectivity index (χ1n) is 9.31. The van der Waals surface area contributed by atoms with E-state index in [4.69, 9.17) is 4.98 Å². The van der Waals surface area contributed by atoms with Gasteiger partial charge in [-0.25, -0.2) is 4.98 Å². The van der Waals surface area contributed by atoms with Gasteiger partial charge in [0.05, 0.1) is 10.7 Å². The molecule has 4 nitrogen and oxygen atoms in total. The predicted molar refractivity (Wildman–Crippen MR) is 112 cm³/mol. The zero-order chi connectivity index (χ0) is 18.4. The molecule has 5 heteroatoms. The van der Waals surface area contributed by atoms with Crippen LogP contribution in [0.25, 0.3) is 5.57 Å². The summed E-state index contributed by atoms with van der Waals surface area (Å²) < 4.78 is 0. The molecule has 1 aliphatic rings. The van der Waals surface area contributed by atoms with Gasteiger partial charge >= 0.3 is 0 Å². The van der Waals surface area contributed by atoms with Crippen molar-refractivity contribution in [3.8, 4) is 0 Å². The van der Waals surface area contributed by atoms with Crippen molar-refractivity contribution in [3.63, 3.8) is 0 Å². The van der Waals surface area contributed by atoms with E-state index in [9.17, 15) is 0 Å². The van der Waals surface area contributed by atoms with E-state index in [0.717, 1.165) is 38.4 Å². The SMILES string of the molecule is CN=C(NCCc1csc(C(C)C)n1)N1CC=C(c2ccccc2)CC1. The molecule has 0 radical (unpaired) electrons. The third kappa shape index (κ3) is 4.73. The van der Waals surface area contributed by atoms with E-state index in [2.05, 4.69) is 70.8 Å². The van der Waals surface area contributed by atoms with E-state index in [-0.39, 0.29) is 0 Å². The summed E-state index contributed by atoms with van der Waals surface area (Å²) in [5.41, 5.74) is 3.94. The molecule has 0 unspecified atom stereocenters. The Hall–Kier alpha value is -2.14. The van der Waals surface area contributed by atoms with E-state index >= 15 is 0 Å². The van der Waals surface area contributed by atoms with Crippen molar-refractivity contribution in [1.29, 1.82) is 0 Å². The molecule has 2 heterocycles. The summed E-state index contributed by atoms with van der Waals surface area (Å²) in [5.74, 6) is 1.49. The summed E-state index contributed by atoms with van der Waals surface area (Å²) >= 11 is 1.76. The second-order valence-electron chi connectivity index (χ2n) is 6.85. The van der Waals surface area contributed by atoms with Crippen molar-refractivity contribution >= 4 is 22.9 Å². The molecule has 3 rings (SSSR count). The van der Waals surface area contributed by atoms with Gasteiger partial charge in [0.1, 0.15) is 0 Å². The van der Waals surface area contributed by atoms with Crippen molar-refractivity contribution in [2.24, 2.45) is 4.99 Å². The van der Waals surface area contributed by atoms with Crippen molar-refractivity contribution in [1.82, 2.24) is 15.2 Å². The number of aliphatic imine (C=N–C) groups is 1. The highest BCUT2D eigenvalue weighted by molar-refractivity contribution is 7.09. The Kier molecular flexibility index (Phi) is 6.45. The Bertz CT molecular complexity index is 761. The van der Waals surface area contributed by atoms with Crippen LogP contribution in [0.2, 0.25) is 0 Å². The van der Waals surface area contributed by atoms with E-state index in [1.807, 2.05) is 7.05 Å². The molecular formula is C21H28N4S. The third-order valence-corrected chi connectivity index (χ3v) is 5.79. The molecule has 0 aliphatic carbocycles. The highest BCUT2D eigenvalue weighted by atomic mass is 32.1. The number of thiazole rings is 1. The highest BCUT2D eigenvalue weighted by Crippen LogP contribution is 2.22. The molecular weight excluding hydrogens is 340 g/mol. The number of nitrogens with one attached hydrogen (secondary N) is 1. The normalized spacial score (nSPS) is 15.3. The first-order valence-corrected chi connectivity index (χ1v) is 10.2. The van der Waals surface area contributed by atoms with Crippen LogP contribution in [-0.2, 0) is 6.42 Å². The van der Waals surface area contributed by atoms with Crippen LogP contribution >= 0.6 is 11.3 Å². The summed E-state index contributed by atoms with van der Waals surface area (Å²) in [5, 5.41) is 6.89. The maximum atomic E-state index is 4.70. The Morgan fingerprint density at radius 2 is 2.12 bits per heavy atom. The Morgan fingerprint density at radius 1 is 1.31 bits per heavy atom. The Balaban J connectivity index is 1.51. The molecule has 1 N–H and O–H groups in total. The van der Waals surface area contributed by atoms with Gasteiger partial charge in [-0.3, -0.25) is 4.99 Å². The molecule has 1 aromatic carbocycles. The van der Waals surface area contributed by atoms with Gasteiger partial charge in [-0.1, -0.05) is 50.3 Å². The first kappa shape index (κ1) is 18.6. The van der Waals surface area contributed by atoms with E-state index < -0.39 is 0 Å². The van der Waals surface area contributed by atoms with Gasteiger partial charge in [-0.2, -0.15) is 0 Å². The number of hydrogen-bond donors (Lipinski definition) is 1. The quantitative estimate of drug-likeness (QED) is 0.636. The number of benzene rings is 1. The zero-order valence-electron chi connectivity index (χ0n) is 15.9. The zero-order valence-corrected chi connectivity index (χ0v) is 16.7. The number of guanidine groups is 1. The smallest absolute Gasteiger partial charge is 0.193 e. The first-order chi connectivity index (χ1) is 12.7. The fraction of sp³-hybridized carbons (Fsp3) is 0.429. The van der Waals surface area contributed by atoms with Gasteiger partial charge in [0.15, 0.2) is 5.96 Å². The number of aromatic nitrogens is 1. The van der Waals surface area contributed by atoms with Gasteiger partial charge in [0.25, 0.3) is 0 Å². The fourth-order valence-corrected chi connectivity index (χ4v) is 3.98. The van der Waals surface area contributed by atoms with Crippen molar-refractivity contribution in [2.45, 2.75) is 32.6 Å². The van der Waals surface area contributed by atoms with Crippen LogP contribution in [-0.4, -0.2) is 42.5 Å². The van der Waals surface area contributed by atoms with Gasteiger partial charge in [0.2, 0.25) is 0 Å². The summed E-state index contributed by atoms with van der Waals surface area (Å²) in [6.45, 7) is 7.14. The lowest BCUT2D eigenvalue weighted by Gasteiger charge is -2.29. The lowest BCUT2D eigenvalue weighted by molar-refractivity contribution is 0.440. The maximum absolute atomic E-state index is 4.70. The standard InChI is InChI=1S/C21H28N4S/c1-16(2)20-24-19(15-26-20)9-12-23-21(22-3)25-13-10-18(11-14-25)17-7-5-4-6-8-17/h4-8,10,15-16H,9,11-14H2,1-3H3,(H,22,23). The van der Waals surface area contributed by atoms with E-state index in [0.29, 0.717) is 5.92 Å². The lowest BCUT2D eigenvalue weighted by atomic mass is 10.00. The van der Waals surface area contributed by atoms with Crippen LogP contribution in [0.4, 0.5) is 0 Å². The summed E-state index contributed by atoms with van der Waals surface area (Å²) in [6.07, 6.45) is 4.30. The largest absolute Gasteiger partial charge is 0.356 e. The molecule has 0 saturated carbocycles. The average molecular weight is 369 g/mol. The van der Waals surface area contributed by atoms with Crippen LogP contribution in [0.1, 0.15) is 42.5 Å². The molecule has 138 valence electrons. The second-order valence-corrected chi connectivity index (χ2v) is 7.74. The summed E-state index contributed by atoms with van der Waals surface area (Å²) in [7, 11) is 1.86. The van der Waals surface area contributed by atoms with Gasteiger partial charge in [0, 0.05) is 44.4 Å². The van der Waals surface area contributed by atoms with E-state index in [1.165, 1.54) is 21.8 Å². The Labute approximate surface area is 160 Å². The topological polar surface area (TPSA) is 40.5 Å². The molecule has 0 amide bonds. The fourth-order valence-electron chi connectivity index (χ4n) is 3.11. The van der Waals surface area contributed by atoms with Crippen molar-refractivity contribution in [2.75, 3.05) is 26.7 Å². The molecule has 0 bridgehead atoms. The molecule has 26 heavy (non-hydrogen) atoms. The van der Waals surface area contributed by atoms with Crippen LogP contribution in [0, 0.1) is 0 Å². The van der Waals surface area contributed by atoms with Gasteiger partial charge in [-0.05, 0) is 17.6 Å². The molecule has 1 aromatic heterocycles. The Morgan fingerprint density at radius 3 is 2.73 bits per heavy atom. The molecule has 2 aromatic rings. The van der Waals surface area contributed by atoms with Crippen LogP contribution in [0.15, 0.2) is 46.8 Å². The average Bonchev–Trinajstić information content (AvgIpc) is 3.15. The highest BCUT2D eigenvalue weighted by Gasteiger charge is 2.16. The molecule has 1 aliphatic heterocycles. The van der Waals surface area contributed by atoms with E-state index in [1.54, 1.807) is 11.3 Å². The summed E-state index contributed by atoms with van der Waals surface area (Å²) in [6, 6.07) is 10.7. The van der Waals surface area contributed by atoms with Crippen LogP contribution < -0.4 is 5.32 Å². The van der Waals surface area contributed by atoms with Crippen molar-refractivity contribution in [3.05, 3.63) is 58.1 Å². The minimum absolute atomic E-state index is 0.508. The third-order valence-electron chi connectivity index (χ3n) is 4.59.